The van der Waals surface area contributed by atoms with Crippen LogP contribution in [0.25, 0.3) is 0 Å². The molecule has 2 aliphatic heterocycles. The number of aromatic carboxylic acids is 2. The van der Waals surface area contributed by atoms with Crippen molar-refractivity contribution in [3.05, 3.63) is 35.4 Å². The quantitative estimate of drug-likeness (QED) is 0.876. The molecule has 4 atom stereocenters. The van der Waals surface area contributed by atoms with Crippen LogP contribution in [0.5, 0.6) is 0 Å². The van der Waals surface area contributed by atoms with E-state index in [-0.39, 0.29) is 11.1 Å². The van der Waals surface area contributed by atoms with Gasteiger partial charge in [0.15, 0.2) is 0 Å². The Hall–Kier alpha value is -1.88. The Morgan fingerprint density at radius 1 is 1.00 bits per heavy atom. The molecule has 2 heterocycles. The molecule has 22 heavy (non-hydrogen) atoms. The molecule has 4 unspecified atom stereocenters. The average Bonchev–Trinajstić information content (AvgIpc) is 2.80. The van der Waals surface area contributed by atoms with Crippen molar-refractivity contribution in [3.8, 4) is 0 Å². The van der Waals surface area contributed by atoms with E-state index in [1.807, 2.05) is 0 Å². The summed E-state index contributed by atoms with van der Waals surface area (Å²) in [6.07, 6.45) is 5.23. The van der Waals surface area contributed by atoms with Crippen molar-refractivity contribution < 1.29 is 24.5 Å². The van der Waals surface area contributed by atoms with Crippen LogP contribution in [0.15, 0.2) is 24.3 Å². The number of carbonyl (C=O) groups is 2. The van der Waals surface area contributed by atoms with Gasteiger partial charge in [-0.05, 0) is 43.2 Å². The summed E-state index contributed by atoms with van der Waals surface area (Å²) in [5.74, 6) is -0.822. The SMILES string of the molecule is CC1CCC2CC(C)C1O2.O=C(O)c1ccccc1C(=O)O. The van der Waals surface area contributed by atoms with E-state index < -0.39 is 11.9 Å². The minimum atomic E-state index is -1.23. The lowest BCUT2D eigenvalue weighted by molar-refractivity contribution is -0.0354. The molecule has 1 aromatic carbocycles. The van der Waals surface area contributed by atoms with Gasteiger partial charge in [0.2, 0.25) is 0 Å². The molecule has 2 saturated heterocycles. The van der Waals surface area contributed by atoms with Gasteiger partial charge in [0.25, 0.3) is 0 Å². The molecule has 2 aliphatic rings. The Morgan fingerprint density at radius 3 is 2.00 bits per heavy atom. The fraction of sp³-hybridized carbons (Fsp3) is 0.529. The summed E-state index contributed by atoms with van der Waals surface area (Å²) in [4.78, 5) is 20.9. The van der Waals surface area contributed by atoms with Gasteiger partial charge in [-0.1, -0.05) is 26.0 Å². The number of hydrogen-bond donors (Lipinski definition) is 2. The zero-order chi connectivity index (χ0) is 16.3. The smallest absolute Gasteiger partial charge is 0.336 e. The van der Waals surface area contributed by atoms with E-state index in [0.29, 0.717) is 12.2 Å². The van der Waals surface area contributed by atoms with Crippen LogP contribution in [0.1, 0.15) is 53.8 Å². The molecular weight excluding hydrogens is 284 g/mol. The maximum Gasteiger partial charge on any atom is 0.336 e. The number of carboxylic acid groups (broad SMARTS) is 2. The van der Waals surface area contributed by atoms with Crippen molar-refractivity contribution in [2.45, 2.75) is 45.3 Å². The summed E-state index contributed by atoms with van der Waals surface area (Å²) in [6, 6.07) is 5.48. The van der Waals surface area contributed by atoms with Gasteiger partial charge in [0.05, 0.1) is 23.3 Å². The van der Waals surface area contributed by atoms with E-state index in [9.17, 15) is 9.59 Å². The highest BCUT2D eigenvalue weighted by Crippen LogP contribution is 2.39. The van der Waals surface area contributed by atoms with Gasteiger partial charge in [-0.25, -0.2) is 9.59 Å². The van der Waals surface area contributed by atoms with Crippen molar-refractivity contribution in [2.75, 3.05) is 0 Å². The van der Waals surface area contributed by atoms with Crippen molar-refractivity contribution in [2.24, 2.45) is 11.8 Å². The minimum Gasteiger partial charge on any atom is -0.478 e. The molecule has 0 aliphatic carbocycles. The van der Waals surface area contributed by atoms with Crippen LogP contribution in [0, 0.1) is 11.8 Å². The number of fused-ring (bicyclic) bond motifs is 2. The van der Waals surface area contributed by atoms with E-state index >= 15 is 0 Å². The Balaban J connectivity index is 0.000000162. The fourth-order valence-corrected chi connectivity index (χ4v) is 3.31. The fourth-order valence-electron chi connectivity index (χ4n) is 3.31. The second kappa shape index (κ2) is 6.92. The third kappa shape index (κ3) is 3.65. The van der Waals surface area contributed by atoms with Gasteiger partial charge in [0.1, 0.15) is 0 Å². The molecule has 2 fully saturated rings. The van der Waals surface area contributed by atoms with E-state index in [1.165, 1.54) is 43.5 Å². The minimum absolute atomic E-state index is 0.190. The Kier molecular flexibility index (Phi) is 5.19. The Labute approximate surface area is 129 Å². The highest BCUT2D eigenvalue weighted by Gasteiger charge is 2.39. The lowest BCUT2D eigenvalue weighted by atomic mass is 9.93. The van der Waals surface area contributed by atoms with Crippen molar-refractivity contribution in [1.82, 2.24) is 0 Å². The first-order chi connectivity index (χ1) is 10.4. The number of benzene rings is 1. The van der Waals surface area contributed by atoms with Gasteiger partial charge in [-0.15, -0.1) is 0 Å². The summed E-state index contributed by atoms with van der Waals surface area (Å²) < 4.78 is 5.82. The number of carboxylic acids is 2. The molecule has 2 N–H and O–H groups in total. The van der Waals surface area contributed by atoms with Crippen molar-refractivity contribution in [3.63, 3.8) is 0 Å². The molecule has 120 valence electrons. The summed E-state index contributed by atoms with van der Waals surface area (Å²) >= 11 is 0. The molecule has 5 nitrogen and oxygen atoms in total. The molecule has 0 aromatic heterocycles. The lowest BCUT2D eigenvalue weighted by Crippen LogP contribution is -2.27. The van der Waals surface area contributed by atoms with Crippen molar-refractivity contribution in [1.29, 1.82) is 0 Å². The van der Waals surface area contributed by atoms with Crippen LogP contribution >= 0.6 is 0 Å². The number of hydrogen-bond acceptors (Lipinski definition) is 3. The molecule has 1 aromatic rings. The number of ether oxygens (including phenoxy) is 1. The summed E-state index contributed by atoms with van der Waals surface area (Å²) in [5, 5.41) is 17.1. The first-order valence-electron chi connectivity index (χ1n) is 7.61. The summed E-state index contributed by atoms with van der Waals surface area (Å²) in [6.45, 7) is 4.65. The molecule has 0 spiro atoms. The molecule has 3 rings (SSSR count). The van der Waals surface area contributed by atoms with Crippen LogP contribution in [-0.4, -0.2) is 34.4 Å². The lowest BCUT2D eigenvalue weighted by Gasteiger charge is -2.27. The normalized spacial score (nSPS) is 29.4. The third-order valence-corrected chi connectivity index (χ3v) is 4.44. The van der Waals surface area contributed by atoms with Gasteiger partial charge in [-0.2, -0.15) is 0 Å². The summed E-state index contributed by atoms with van der Waals surface area (Å²) in [5.41, 5.74) is -0.380. The van der Waals surface area contributed by atoms with Gasteiger partial charge >= 0.3 is 11.9 Å². The van der Waals surface area contributed by atoms with E-state index in [0.717, 1.165) is 11.8 Å². The van der Waals surface area contributed by atoms with Crippen LogP contribution in [0.2, 0.25) is 0 Å². The zero-order valence-corrected chi connectivity index (χ0v) is 12.9. The highest BCUT2D eigenvalue weighted by molar-refractivity contribution is 6.01. The maximum atomic E-state index is 10.5. The van der Waals surface area contributed by atoms with Gasteiger partial charge < -0.3 is 14.9 Å². The van der Waals surface area contributed by atoms with Crippen LogP contribution in [-0.2, 0) is 4.74 Å². The maximum absolute atomic E-state index is 10.5. The standard InChI is InChI=1S/C9H16O.C8H6O4/c1-6-3-4-8-5-7(2)9(6)10-8;9-7(10)5-3-1-2-4-6(5)8(11)12/h6-9H,3-5H2,1-2H3;1-4H,(H,9,10)(H,11,12). The van der Waals surface area contributed by atoms with E-state index in [1.54, 1.807) is 0 Å². The largest absolute Gasteiger partial charge is 0.478 e. The molecule has 5 heteroatoms. The zero-order valence-electron chi connectivity index (χ0n) is 12.9. The van der Waals surface area contributed by atoms with Crippen molar-refractivity contribution >= 4 is 11.9 Å². The first-order valence-corrected chi connectivity index (χ1v) is 7.61. The topological polar surface area (TPSA) is 83.8 Å². The molecular formula is C17H22O5. The van der Waals surface area contributed by atoms with Gasteiger partial charge in [-0.3, -0.25) is 0 Å². The predicted molar refractivity (Wildman–Crippen MR) is 81.2 cm³/mol. The van der Waals surface area contributed by atoms with E-state index in [4.69, 9.17) is 14.9 Å². The third-order valence-electron chi connectivity index (χ3n) is 4.44. The van der Waals surface area contributed by atoms with Gasteiger partial charge in [0, 0.05) is 0 Å². The first kappa shape index (κ1) is 16.5. The molecule has 0 radical (unpaired) electrons. The Bertz CT molecular complexity index is 517. The van der Waals surface area contributed by atoms with Crippen LogP contribution in [0.3, 0.4) is 0 Å². The van der Waals surface area contributed by atoms with Crippen LogP contribution in [0.4, 0.5) is 0 Å². The molecule has 2 bridgehead atoms. The summed E-state index contributed by atoms with van der Waals surface area (Å²) in [7, 11) is 0. The van der Waals surface area contributed by atoms with Crippen LogP contribution < -0.4 is 0 Å². The molecule has 0 amide bonds. The van der Waals surface area contributed by atoms with E-state index in [2.05, 4.69) is 13.8 Å². The Morgan fingerprint density at radius 2 is 1.55 bits per heavy atom. The molecule has 0 saturated carbocycles. The predicted octanol–water partition coefficient (Wildman–Crippen LogP) is 3.29. The number of rotatable bonds is 2. The second-order valence-electron chi connectivity index (χ2n) is 6.15. The monoisotopic (exact) mass is 306 g/mol. The second-order valence-corrected chi connectivity index (χ2v) is 6.15. The highest BCUT2D eigenvalue weighted by atomic mass is 16.5. The average molecular weight is 306 g/mol.